The minimum atomic E-state index is -3.10. The van der Waals surface area contributed by atoms with Crippen LogP contribution < -0.4 is 4.90 Å². The number of carbonyl (C=O) groups excluding carboxylic acids is 1. The summed E-state index contributed by atoms with van der Waals surface area (Å²) in [5, 5.41) is 0. The Balaban J connectivity index is 1.90. The summed E-state index contributed by atoms with van der Waals surface area (Å²) < 4.78 is 24.4. The lowest BCUT2D eigenvalue weighted by atomic mass is 10.0. The number of anilines is 1. The number of benzene rings is 1. The molecule has 6 heteroatoms. The van der Waals surface area contributed by atoms with Gasteiger partial charge in [0.1, 0.15) is 0 Å². The maximum Gasteiger partial charge on any atom is 0.241 e. The van der Waals surface area contributed by atoms with Gasteiger partial charge in [-0.2, -0.15) is 0 Å². The van der Waals surface area contributed by atoms with Gasteiger partial charge in [-0.1, -0.05) is 32.0 Å². The van der Waals surface area contributed by atoms with Crippen LogP contribution in [0, 0.1) is 5.92 Å². The van der Waals surface area contributed by atoms with Crippen molar-refractivity contribution in [3.63, 3.8) is 0 Å². The first-order valence-corrected chi connectivity index (χ1v) is 10.0. The highest BCUT2D eigenvalue weighted by molar-refractivity contribution is 7.91. The van der Waals surface area contributed by atoms with Crippen molar-refractivity contribution in [2.75, 3.05) is 29.5 Å². The number of fused-ring (bicyclic) bond motifs is 1. The van der Waals surface area contributed by atoms with E-state index >= 15 is 0 Å². The van der Waals surface area contributed by atoms with Crippen LogP contribution in [-0.2, 0) is 14.6 Å². The smallest absolute Gasteiger partial charge is 0.241 e. The molecule has 2 heterocycles. The van der Waals surface area contributed by atoms with E-state index in [0.29, 0.717) is 12.5 Å². The van der Waals surface area contributed by atoms with E-state index in [1.54, 1.807) is 4.90 Å². The fourth-order valence-electron chi connectivity index (χ4n) is 3.55. The Kier molecular flexibility index (Phi) is 4.47. The van der Waals surface area contributed by atoms with Gasteiger partial charge in [-0.25, -0.2) is 8.42 Å². The molecule has 1 aromatic carbocycles. The minimum absolute atomic E-state index is 0.00157. The molecule has 0 aromatic heterocycles. The van der Waals surface area contributed by atoms with Gasteiger partial charge in [0.15, 0.2) is 9.84 Å². The van der Waals surface area contributed by atoms with Gasteiger partial charge in [-0.15, -0.1) is 0 Å². The van der Waals surface area contributed by atoms with Crippen molar-refractivity contribution in [2.24, 2.45) is 5.92 Å². The second kappa shape index (κ2) is 6.24. The molecule has 1 aromatic rings. The van der Waals surface area contributed by atoms with Crippen LogP contribution >= 0.6 is 0 Å². The number of sulfone groups is 1. The Labute approximate surface area is 138 Å². The van der Waals surface area contributed by atoms with Gasteiger partial charge in [0, 0.05) is 11.7 Å². The molecule has 2 fully saturated rings. The zero-order chi connectivity index (χ0) is 16.6. The van der Waals surface area contributed by atoms with Gasteiger partial charge in [0.25, 0.3) is 0 Å². The molecule has 2 aliphatic rings. The molecular weight excluding hydrogens is 312 g/mol. The fraction of sp³-hybridized carbons (Fsp3) is 0.588. The first-order chi connectivity index (χ1) is 10.9. The summed E-state index contributed by atoms with van der Waals surface area (Å²) >= 11 is 0. The number of hydrogen-bond acceptors (Lipinski definition) is 4. The molecular formula is C17H24N2O3S. The number of hydrogen-bond donors (Lipinski definition) is 0. The average Bonchev–Trinajstić information content (AvgIpc) is 2.80. The van der Waals surface area contributed by atoms with Gasteiger partial charge >= 0.3 is 0 Å². The predicted octanol–water partition coefficient (Wildman–Crippen LogP) is 1.55. The SMILES string of the molecule is CC(C)CCN1CC(=O)N(c2ccccc2)[C@H]2CS(=O)(=O)C[C@@H]21. The number of rotatable bonds is 4. The Hall–Kier alpha value is -1.40. The molecule has 2 saturated heterocycles. The van der Waals surface area contributed by atoms with Crippen LogP contribution in [0.3, 0.4) is 0 Å². The molecule has 23 heavy (non-hydrogen) atoms. The van der Waals surface area contributed by atoms with Crippen LogP contribution in [0.5, 0.6) is 0 Å². The van der Waals surface area contributed by atoms with E-state index in [2.05, 4.69) is 18.7 Å². The Morgan fingerprint density at radius 1 is 1.13 bits per heavy atom. The summed E-state index contributed by atoms with van der Waals surface area (Å²) in [6.07, 6.45) is 0.974. The van der Waals surface area contributed by atoms with Crippen LogP contribution in [0.25, 0.3) is 0 Å². The lowest BCUT2D eigenvalue weighted by molar-refractivity contribution is -0.123. The van der Waals surface area contributed by atoms with Crippen LogP contribution in [0.4, 0.5) is 5.69 Å². The Morgan fingerprint density at radius 2 is 1.78 bits per heavy atom. The number of para-hydroxylation sites is 1. The van der Waals surface area contributed by atoms with Gasteiger partial charge in [0.2, 0.25) is 5.91 Å². The number of carbonyl (C=O) groups is 1. The molecule has 0 N–H and O–H groups in total. The first-order valence-electron chi connectivity index (χ1n) is 8.19. The van der Waals surface area contributed by atoms with Crippen molar-refractivity contribution >= 4 is 21.4 Å². The van der Waals surface area contributed by atoms with E-state index in [1.807, 2.05) is 30.3 Å². The van der Waals surface area contributed by atoms with Crippen molar-refractivity contribution in [2.45, 2.75) is 32.4 Å². The molecule has 1 amide bonds. The molecule has 0 radical (unpaired) electrons. The highest BCUT2D eigenvalue weighted by Gasteiger charge is 2.49. The summed E-state index contributed by atoms with van der Waals surface area (Å²) in [4.78, 5) is 16.5. The summed E-state index contributed by atoms with van der Waals surface area (Å²) in [7, 11) is -3.10. The van der Waals surface area contributed by atoms with Gasteiger partial charge in [-0.3, -0.25) is 9.69 Å². The van der Waals surface area contributed by atoms with E-state index in [1.165, 1.54) is 0 Å². The molecule has 5 nitrogen and oxygen atoms in total. The highest BCUT2D eigenvalue weighted by Crippen LogP contribution is 2.31. The van der Waals surface area contributed by atoms with Gasteiger partial charge in [-0.05, 0) is 31.0 Å². The maximum atomic E-state index is 12.7. The minimum Gasteiger partial charge on any atom is -0.306 e. The summed E-state index contributed by atoms with van der Waals surface area (Å²) in [5.74, 6) is 0.759. The molecule has 2 aliphatic heterocycles. The number of piperazine rings is 1. The van der Waals surface area contributed by atoms with E-state index in [9.17, 15) is 13.2 Å². The molecule has 0 bridgehead atoms. The second-order valence-corrected chi connectivity index (χ2v) is 9.12. The Bertz CT molecular complexity index is 672. The van der Waals surface area contributed by atoms with Crippen LogP contribution in [0.15, 0.2) is 30.3 Å². The number of amides is 1. The Morgan fingerprint density at radius 3 is 2.43 bits per heavy atom. The lowest BCUT2D eigenvalue weighted by Crippen LogP contribution is -2.62. The van der Waals surface area contributed by atoms with Gasteiger partial charge < -0.3 is 4.90 Å². The number of nitrogens with zero attached hydrogens (tertiary/aromatic N) is 2. The normalized spacial score (nSPS) is 27.4. The topological polar surface area (TPSA) is 57.7 Å². The molecule has 0 aliphatic carbocycles. The molecule has 0 unspecified atom stereocenters. The average molecular weight is 336 g/mol. The van der Waals surface area contributed by atoms with Crippen molar-refractivity contribution in [3.8, 4) is 0 Å². The summed E-state index contributed by atoms with van der Waals surface area (Å²) in [6.45, 7) is 5.37. The van der Waals surface area contributed by atoms with Crippen molar-refractivity contribution < 1.29 is 13.2 Å². The summed E-state index contributed by atoms with van der Waals surface area (Å²) in [6, 6.07) is 9.06. The monoisotopic (exact) mass is 336 g/mol. The third-order valence-electron chi connectivity index (χ3n) is 4.73. The van der Waals surface area contributed by atoms with E-state index in [-0.39, 0.29) is 29.5 Å². The summed E-state index contributed by atoms with van der Waals surface area (Å²) in [5.41, 5.74) is 0.799. The van der Waals surface area contributed by atoms with Crippen molar-refractivity contribution in [3.05, 3.63) is 30.3 Å². The lowest BCUT2D eigenvalue weighted by Gasteiger charge is -2.43. The zero-order valence-corrected chi connectivity index (χ0v) is 14.5. The standard InChI is InChI=1S/C17H24N2O3S/c1-13(2)8-9-18-10-17(20)19(14-6-4-3-5-7-14)16-12-23(21,22)11-15(16)18/h3-7,13,15-16H,8-12H2,1-2H3/t15-,16-/m0/s1. The van der Waals surface area contributed by atoms with Crippen LogP contribution in [0.2, 0.25) is 0 Å². The predicted molar refractivity (Wildman–Crippen MR) is 91.2 cm³/mol. The maximum absolute atomic E-state index is 12.7. The third-order valence-corrected chi connectivity index (χ3v) is 6.43. The second-order valence-electron chi connectivity index (χ2n) is 6.96. The fourth-order valence-corrected chi connectivity index (χ4v) is 5.53. The third kappa shape index (κ3) is 3.43. The van der Waals surface area contributed by atoms with E-state index in [4.69, 9.17) is 0 Å². The largest absolute Gasteiger partial charge is 0.306 e. The van der Waals surface area contributed by atoms with E-state index in [0.717, 1.165) is 18.7 Å². The molecule has 3 rings (SSSR count). The van der Waals surface area contributed by atoms with E-state index < -0.39 is 9.84 Å². The van der Waals surface area contributed by atoms with Crippen LogP contribution in [0.1, 0.15) is 20.3 Å². The quantitative estimate of drug-likeness (QED) is 0.837. The van der Waals surface area contributed by atoms with Crippen molar-refractivity contribution in [1.82, 2.24) is 4.90 Å². The molecule has 2 atom stereocenters. The van der Waals surface area contributed by atoms with Crippen LogP contribution in [-0.4, -0.2) is 55.9 Å². The molecule has 0 saturated carbocycles. The first kappa shape index (κ1) is 16.5. The molecule has 0 spiro atoms. The zero-order valence-electron chi connectivity index (χ0n) is 13.7. The highest BCUT2D eigenvalue weighted by atomic mass is 32.2. The van der Waals surface area contributed by atoms with Crippen molar-refractivity contribution in [1.29, 1.82) is 0 Å². The molecule has 126 valence electrons. The van der Waals surface area contributed by atoms with Gasteiger partial charge in [0.05, 0.1) is 24.1 Å².